The molecule has 1 aromatic carbocycles. The fraction of sp³-hybridized carbons (Fsp3) is 0.290. The fourth-order valence-electron chi connectivity index (χ4n) is 4.87. The number of carbonyl (C=O) groups excluding carboxylic acids is 4. The Bertz CT molecular complexity index is 1920. The van der Waals surface area contributed by atoms with Crippen LogP contribution in [-0.2, 0) is 33.6 Å². The van der Waals surface area contributed by atoms with Crippen molar-refractivity contribution in [3.05, 3.63) is 81.3 Å². The number of allylic oxidation sites excluding steroid dienone is 2. The third kappa shape index (κ3) is 8.03. The molecule has 1 fully saturated rings. The number of ketones is 1. The minimum absolute atomic E-state index is 0.00365. The number of fused-ring (bicyclic) bond motifs is 1. The summed E-state index contributed by atoms with van der Waals surface area (Å²) in [5, 5.41) is 39.5. The number of nitrogens with two attached hydrogens (primary N) is 1. The van der Waals surface area contributed by atoms with Crippen molar-refractivity contribution < 1.29 is 53.8 Å². The molecular formula is C31H31N7O11S2. The van der Waals surface area contributed by atoms with Gasteiger partial charge in [-0.1, -0.05) is 23.4 Å². The number of carbonyl (C=O) groups is 6. The molecule has 1 aliphatic carbocycles. The average molecular weight is 742 g/mol. The highest BCUT2D eigenvalue weighted by atomic mass is 32.2. The number of Topliss-reactive ketones (excluding diaryl/α,β-unsaturated/α-hetero) is 1. The van der Waals surface area contributed by atoms with E-state index in [1.54, 1.807) is 30.3 Å². The minimum atomic E-state index is -1.81. The van der Waals surface area contributed by atoms with Gasteiger partial charge < -0.3 is 41.4 Å². The molecule has 5 rings (SSSR count). The molecule has 2 aliphatic heterocycles. The van der Waals surface area contributed by atoms with Gasteiger partial charge in [-0.15, -0.1) is 23.1 Å². The zero-order chi connectivity index (χ0) is 37.0. The van der Waals surface area contributed by atoms with Crippen LogP contribution in [-0.4, -0.2) is 102 Å². The zero-order valence-electron chi connectivity index (χ0n) is 26.9. The van der Waals surface area contributed by atoms with Gasteiger partial charge in [0, 0.05) is 24.2 Å². The fourth-order valence-corrected chi connectivity index (χ4v) is 6.77. The molecule has 2 amide bonds. The maximum atomic E-state index is 13.3. The summed E-state index contributed by atoms with van der Waals surface area (Å²) in [5.41, 5.74) is 6.81. The number of anilines is 1. The van der Waals surface area contributed by atoms with Crippen LogP contribution in [0.1, 0.15) is 36.3 Å². The number of nitrogen functional groups attached to an aromatic ring is 1. The molecule has 1 aromatic heterocycles. The van der Waals surface area contributed by atoms with Crippen molar-refractivity contribution in [2.75, 3.05) is 24.6 Å². The molecule has 2 atom stereocenters. The number of nitrogens with one attached hydrogen (secondary N) is 3. The lowest BCUT2D eigenvalue weighted by Gasteiger charge is -2.49. The lowest BCUT2D eigenvalue weighted by molar-refractivity contribution is -0.161. The number of hydrogen-bond acceptors (Lipinski definition) is 16. The Kier molecular flexibility index (Phi) is 10.8. The van der Waals surface area contributed by atoms with Crippen molar-refractivity contribution in [1.29, 1.82) is 0 Å². The number of thioether (sulfide) groups is 1. The van der Waals surface area contributed by atoms with Gasteiger partial charge in [-0.05, 0) is 43.2 Å². The van der Waals surface area contributed by atoms with E-state index in [0.717, 1.165) is 16.2 Å². The summed E-state index contributed by atoms with van der Waals surface area (Å²) in [6.07, 6.45) is 0.913. The molecule has 0 radical (unpaired) electrons. The molecule has 20 heteroatoms. The third-order valence-electron chi connectivity index (χ3n) is 7.65. The number of carboxylic acids is 2. The van der Waals surface area contributed by atoms with E-state index >= 15 is 0 Å². The Morgan fingerprint density at radius 2 is 1.86 bits per heavy atom. The summed E-state index contributed by atoms with van der Waals surface area (Å²) in [6.45, 7) is 2.41. The van der Waals surface area contributed by atoms with Crippen LogP contribution in [0.4, 0.5) is 5.13 Å². The van der Waals surface area contributed by atoms with Crippen molar-refractivity contribution in [2.24, 2.45) is 5.16 Å². The summed E-state index contributed by atoms with van der Waals surface area (Å²) >= 11 is 2.18. The van der Waals surface area contributed by atoms with E-state index in [-0.39, 0.29) is 53.0 Å². The first-order valence-corrected chi connectivity index (χ1v) is 16.9. The van der Waals surface area contributed by atoms with Gasteiger partial charge in [-0.25, -0.2) is 24.8 Å². The van der Waals surface area contributed by atoms with Crippen LogP contribution in [0.15, 0.2) is 75.2 Å². The van der Waals surface area contributed by atoms with E-state index in [0.29, 0.717) is 11.1 Å². The molecule has 8 N–H and O–H groups in total. The van der Waals surface area contributed by atoms with Crippen molar-refractivity contribution >= 4 is 69.4 Å². The van der Waals surface area contributed by atoms with Gasteiger partial charge in [0.05, 0.1) is 17.7 Å². The number of amides is 2. The van der Waals surface area contributed by atoms with Crippen LogP contribution in [0.2, 0.25) is 0 Å². The largest absolute Gasteiger partial charge is 0.504 e. The van der Waals surface area contributed by atoms with Gasteiger partial charge in [0.25, 0.3) is 11.8 Å². The van der Waals surface area contributed by atoms with Crippen LogP contribution in [0, 0.1) is 0 Å². The van der Waals surface area contributed by atoms with E-state index in [4.69, 9.17) is 15.4 Å². The van der Waals surface area contributed by atoms with E-state index < -0.39 is 64.0 Å². The Balaban J connectivity index is 1.27. The molecule has 2 aromatic rings. The second-order valence-electron chi connectivity index (χ2n) is 11.6. The van der Waals surface area contributed by atoms with Crippen molar-refractivity contribution in [3.8, 4) is 0 Å². The van der Waals surface area contributed by atoms with Gasteiger partial charge in [0.1, 0.15) is 22.8 Å². The number of aliphatic carboxylic acids is 2. The molecule has 51 heavy (non-hydrogen) atoms. The van der Waals surface area contributed by atoms with Crippen LogP contribution in [0.3, 0.4) is 0 Å². The first-order valence-electron chi connectivity index (χ1n) is 15.0. The van der Waals surface area contributed by atoms with Crippen molar-refractivity contribution in [2.45, 2.75) is 37.3 Å². The molecule has 3 heterocycles. The van der Waals surface area contributed by atoms with Gasteiger partial charge >= 0.3 is 17.9 Å². The zero-order valence-corrected chi connectivity index (χ0v) is 28.5. The second-order valence-corrected chi connectivity index (χ2v) is 13.6. The SMILES string of the molecule is CC(C)(O/N=C(\C(=O)NC1C(=O)N2C(C(=O)O)=C(CNCC3=C(NOC(=O)c4ccccc4)CC(=O)C(O)=C3)CS[C@@H]12)c1csc(N)n1)C(=O)O. The number of aliphatic hydroxyl groups excluding tert-OH is 1. The van der Waals surface area contributed by atoms with Crippen molar-refractivity contribution in [1.82, 2.24) is 26.0 Å². The summed E-state index contributed by atoms with van der Waals surface area (Å²) in [6, 6.07) is 6.96. The molecule has 18 nitrogen and oxygen atoms in total. The van der Waals surface area contributed by atoms with E-state index in [1.807, 2.05) is 0 Å². The molecular weight excluding hydrogens is 711 g/mol. The number of rotatable bonds is 14. The third-order valence-corrected chi connectivity index (χ3v) is 9.66. The summed E-state index contributed by atoms with van der Waals surface area (Å²) in [4.78, 5) is 90.4. The number of benzene rings is 1. The Labute approximate surface area is 297 Å². The van der Waals surface area contributed by atoms with E-state index in [2.05, 4.69) is 26.3 Å². The maximum absolute atomic E-state index is 13.3. The topological polar surface area (TPSA) is 272 Å². The lowest BCUT2D eigenvalue weighted by Crippen LogP contribution is -2.71. The van der Waals surface area contributed by atoms with Crippen LogP contribution >= 0.6 is 23.1 Å². The predicted molar refractivity (Wildman–Crippen MR) is 181 cm³/mol. The molecule has 0 saturated carbocycles. The summed E-state index contributed by atoms with van der Waals surface area (Å²) < 4.78 is 0. The first kappa shape index (κ1) is 36.5. The number of hydrogen-bond donors (Lipinski definition) is 7. The van der Waals surface area contributed by atoms with Crippen LogP contribution < -0.4 is 21.8 Å². The number of aromatic nitrogens is 1. The van der Waals surface area contributed by atoms with Gasteiger partial charge in [0.15, 0.2) is 16.6 Å². The average Bonchev–Trinajstić information content (AvgIpc) is 3.53. The molecule has 1 saturated heterocycles. The van der Waals surface area contributed by atoms with E-state index in [1.165, 1.54) is 37.1 Å². The van der Waals surface area contributed by atoms with Gasteiger partial charge in [-0.3, -0.25) is 19.3 Å². The second kappa shape index (κ2) is 15.0. The highest BCUT2D eigenvalue weighted by Gasteiger charge is 2.54. The quantitative estimate of drug-likeness (QED) is 0.0796. The number of nitrogens with zero attached hydrogens (tertiary/aromatic N) is 3. The molecule has 1 unspecified atom stereocenters. The monoisotopic (exact) mass is 741 g/mol. The maximum Gasteiger partial charge on any atom is 0.362 e. The van der Waals surface area contributed by atoms with Crippen molar-refractivity contribution in [3.63, 3.8) is 0 Å². The Morgan fingerprint density at radius 3 is 2.51 bits per heavy atom. The molecule has 0 bridgehead atoms. The molecule has 3 aliphatic rings. The molecule has 268 valence electrons. The normalized spacial score (nSPS) is 19.1. The highest BCUT2D eigenvalue weighted by molar-refractivity contribution is 8.00. The highest BCUT2D eigenvalue weighted by Crippen LogP contribution is 2.40. The van der Waals surface area contributed by atoms with Crippen LogP contribution in [0.5, 0.6) is 0 Å². The Hall–Kier alpha value is -5.73. The number of aliphatic hydroxyl groups is 1. The lowest BCUT2D eigenvalue weighted by atomic mass is 10.0. The number of hydroxylamine groups is 1. The van der Waals surface area contributed by atoms with Gasteiger partial charge in [-0.2, -0.15) is 0 Å². The first-order chi connectivity index (χ1) is 24.2. The van der Waals surface area contributed by atoms with E-state index in [9.17, 15) is 44.1 Å². The molecule has 0 spiro atoms. The Morgan fingerprint density at radius 1 is 1.14 bits per heavy atom. The number of β-lactam (4-membered cyclic amide) rings is 1. The smallest absolute Gasteiger partial charge is 0.362 e. The van der Waals surface area contributed by atoms with Gasteiger partial charge in [0.2, 0.25) is 11.4 Å². The minimum Gasteiger partial charge on any atom is -0.504 e. The summed E-state index contributed by atoms with van der Waals surface area (Å²) in [5.74, 6) is -6.04. The number of thiazole rings is 1. The number of oxime groups is 1. The number of carboxylic acid groups (broad SMARTS) is 2. The van der Waals surface area contributed by atoms with Crippen LogP contribution in [0.25, 0.3) is 0 Å². The standard InChI is InChI=1S/C31H31N7O11S2/c1-31(2,29(46)47)49-37-21(18-13-51-30(32)34-18)24(41)35-22-25(42)38-23(27(43)44)16(12-50-26(22)38)11-33-10-15-8-19(39)20(40)9-17(15)36-48-28(45)14-6-4-3-5-7-14/h3-8,13,22,26,33,36,39H,9-12H2,1-2H3,(H2,32,34)(H,35,41)(H,43,44)(H,46,47)/b37-21-/t22?,26-/m0/s1. The summed E-state index contributed by atoms with van der Waals surface area (Å²) in [7, 11) is 0. The predicted octanol–water partition coefficient (Wildman–Crippen LogP) is 0.668.